The van der Waals surface area contributed by atoms with Gasteiger partial charge in [0, 0.05) is 18.7 Å². The second-order valence-corrected chi connectivity index (χ2v) is 7.92. The third kappa shape index (κ3) is 4.53. The van der Waals surface area contributed by atoms with E-state index >= 15 is 0 Å². The highest BCUT2D eigenvalue weighted by molar-refractivity contribution is 6.05. The first-order chi connectivity index (χ1) is 14.6. The number of nitrogens with zero attached hydrogens (tertiary/aromatic N) is 1. The molecule has 30 heavy (non-hydrogen) atoms. The van der Waals surface area contributed by atoms with Crippen LogP contribution in [-0.2, 0) is 21.0 Å². The number of carbonyl (C=O) groups is 3. The van der Waals surface area contributed by atoms with Crippen LogP contribution >= 0.6 is 0 Å². The molecule has 2 atom stereocenters. The van der Waals surface area contributed by atoms with Gasteiger partial charge in [-0.05, 0) is 42.7 Å². The van der Waals surface area contributed by atoms with Gasteiger partial charge in [-0.25, -0.2) is 0 Å². The third-order valence-corrected chi connectivity index (χ3v) is 5.88. The zero-order valence-corrected chi connectivity index (χ0v) is 16.9. The van der Waals surface area contributed by atoms with Crippen molar-refractivity contribution in [3.05, 3.63) is 60.2 Å². The Kier molecular flexibility index (Phi) is 6.12. The van der Waals surface area contributed by atoms with Crippen LogP contribution in [0.4, 0.5) is 5.69 Å². The van der Waals surface area contributed by atoms with E-state index in [1.54, 1.807) is 24.3 Å². The first kappa shape index (κ1) is 20.1. The van der Waals surface area contributed by atoms with Crippen LogP contribution in [0.2, 0.25) is 0 Å². The molecule has 0 aromatic heterocycles. The van der Waals surface area contributed by atoms with Crippen LogP contribution in [0.15, 0.2) is 54.6 Å². The van der Waals surface area contributed by atoms with Crippen molar-refractivity contribution in [1.29, 1.82) is 0 Å². The van der Waals surface area contributed by atoms with Crippen LogP contribution in [0.3, 0.4) is 0 Å². The normalized spacial score (nSPS) is 20.7. The van der Waals surface area contributed by atoms with Gasteiger partial charge in [-0.15, -0.1) is 0 Å². The SMILES string of the molecule is O=C(CCN1C(=O)[C@H]2CCCC[C@@H]2C1=O)Nc1ccc(OCc2ccccc2)cc1. The minimum atomic E-state index is -0.219. The van der Waals surface area contributed by atoms with Crippen LogP contribution in [0.5, 0.6) is 5.75 Å². The van der Waals surface area contributed by atoms with Crippen molar-refractivity contribution in [3.63, 3.8) is 0 Å². The van der Waals surface area contributed by atoms with Crippen molar-refractivity contribution in [2.45, 2.75) is 38.7 Å². The number of ether oxygens (including phenoxy) is 1. The summed E-state index contributed by atoms with van der Waals surface area (Å²) >= 11 is 0. The molecular weight excluding hydrogens is 380 g/mol. The van der Waals surface area contributed by atoms with Gasteiger partial charge in [0.2, 0.25) is 17.7 Å². The van der Waals surface area contributed by atoms with Gasteiger partial charge in [-0.2, -0.15) is 0 Å². The van der Waals surface area contributed by atoms with E-state index in [4.69, 9.17) is 4.74 Å². The lowest BCUT2D eigenvalue weighted by Crippen LogP contribution is -2.34. The van der Waals surface area contributed by atoms with Crippen LogP contribution in [0, 0.1) is 11.8 Å². The number of anilines is 1. The number of hydrogen-bond donors (Lipinski definition) is 1. The predicted molar refractivity (Wildman–Crippen MR) is 113 cm³/mol. The van der Waals surface area contributed by atoms with Gasteiger partial charge in [-0.1, -0.05) is 43.2 Å². The molecule has 2 aromatic rings. The Labute approximate surface area is 176 Å². The molecule has 6 nitrogen and oxygen atoms in total. The smallest absolute Gasteiger partial charge is 0.233 e. The molecule has 1 saturated carbocycles. The van der Waals surface area contributed by atoms with Crippen molar-refractivity contribution >= 4 is 23.4 Å². The lowest BCUT2D eigenvalue weighted by molar-refractivity contribution is -0.140. The highest BCUT2D eigenvalue weighted by atomic mass is 16.5. The van der Waals surface area contributed by atoms with Crippen molar-refractivity contribution in [2.75, 3.05) is 11.9 Å². The van der Waals surface area contributed by atoms with Crippen molar-refractivity contribution in [2.24, 2.45) is 11.8 Å². The van der Waals surface area contributed by atoms with E-state index in [2.05, 4.69) is 5.32 Å². The molecular formula is C24H26N2O4. The molecule has 1 aliphatic heterocycles. The number of amides is 3. The Morgan fingerprint density at radius 3 is 2.20 bits per heavy atom. The van der Waals surface area contributed by atoms with E-state index in [-0.39, 0.29) is 42.5 Å². The van der Waals surface area contributed by atoms with E-state index in [1.807, 2.05) is 30.3 Å². The molecule has 0 spiro atoms. The van der Waals surface area contributed by atoms with Gasteiger partial charge in [0.15, 0.2) is 0 Å². The molecule has 1 saturated heterocycles. The van der Waals surface area contributed by atoms with E-state index in [0.29, 0.717) is 18.0 Å². The van der Waals surface area contributed by atoms with Crippen molar-refractivity contribution < 1.29 is 19.1 Å². The van der Waals surface area contributed by atoms with Crippen LogP contribution in [-0.4, -0.2) is 29.2 Å². The maximum absolute atomic E-state index is 12.5. The second-order valence-electron chi connectivity index (χ2n) is 7.92. The molecule has 2 aliphatic rings. The predicted octanol–water partition coefficient (Wildman–Crippen LogP) is 3.77. The molecule has 2 aromatic carbocycles. The number of fused-ring (bicyclic) bond motifs is 1. The lowest BCUT2D eigenvalue weighted by atomic mass is 9.81. The van der Waals surface area contributed by atoms with Crippen molar-refractivity contribution in [3.8, 4) is 5.75 Å². The fourth-order valence-corrected chi connectivity index (χ4v) is 4.26. The molecule has 0 bridgehead atoms. The Hall–Kier alpha value is -3.15. The molecule has 0 radical (unpaired) electrons. The van der Waals surface area contributed by atoms with E-state index < -0.39 is 0 Å². The Morgan fingerprint density at radius 2 is 1.57 bits per heavy atom. The van der Waals surface area contributed by atoms with Gasteiger partial charge in [0.25, 0.3) is 0 Å². The van der Waals surface area contributed by atoms with E-state index in [0.717, 1.165) is 31.2 Å². The summed E-state index contributed by atoms with van der Waals surface area (Å²) < 4.78 is 5.74. The van der Waals surface area contributed by atoms with E-state index in [9.17, 15) is 14.4 Å². The number of imide groups is 1. The average Bonchev–Trinajstić information content (AvgIpc) is 3.02. The van der Waals surface area contributed by atoms with E-state index in [1.165, 1.54) is 4.90 Å². The summed E-state index contributed by atoms with van der Waals surface area (Å²) in [5.74, 6) is -0.0403. The first-order valence-corrected chi connectivity index (χ1v) is 10.5. The number of benzene rings is 2. The summed E-state index contributed by atoms with van der Waals surface area (Å²) in [4.78, 5) is 38.6. The summed E-state index contributed by atoms with van der Waals surface area (Å²) in [6.07, 6.45) is 3.68. The summed E-state index contributed by atoms with van der Waals surface area (Å²) in [5.41, 5.74) is 1.74. The Balaban J connectivity index is 1.25. The van der Waals surface area contributed by atoms with Gasteiger partial charge < -0.3 is 10.1 Å². The number of rotatable bonds is 7. The zero-order chi connectivity index (χ0) is 20.9. The fourth-order valence-electron chi connectivity index (χ4n) is 4.26. The lowest BCUT2D eigenvalue weighted by Gasteiger charge is -2.19. The Bertz CT molecular complexity index is 887. The second kappa shape index (κ2) is 9.11. The first-order valence-electron chi connectivity index (χ1n) is 10.5. The maximum atomic E-state index is 12.5. The molecule has 1 aliphatic carbocycles. The Morgan fingerprint density at radius 1 is 0.933 bits per heavy atom. The minimum Gasteiger partial charge on any atom is -0.489 e. The summed E-state index contributed by atoms with van der Waals surface area (Å²) in [6.45, 7) is 0.626. The molecule has 1 N–H and O–H groups in total. The molecule has 4 rings (SSSR count). The van der Waals surface area contributed by atoms with Gasteiger partial charge in [-0.3, -0.25) is 19.3 Å². The van der Waals surface area contributed by atoms with Crippen LogP contribution in [0.25, 0.3) is 0 Å². The molecule has 0 unspecified atom stereocenters. The minimum absolute atomic E-state index is 0.0996. The van der Waals surface area contributed by atoms with Crippen molar-refractivity contribution in [1.82, 2.24) is 4.90 Å². The highest BCUT2D eigenvalue weighted by Gasteiger charge is 2.47. The quantitative estimate of drug-likeness (QED) is 0.710. The topological polar surface area (TPSA) is 75.7 Å². The monoisotopic (exact) mass is 406 g/mol. The third-order valence-electron chi connectivity index (χ3n) is 5.88. The summed E-state index contributed by atoms with van der Waals surface area (Å²) in [7, 11) is 0. The highest BCUT2D eigenvalue weighted by Crippen LogP contribution is 2.38. The maximum Gasteiger partial charge on any atom is 0.233 e. The van der Waals surface area contributed by atoms with Crippen LogP contribution in [0.1, 0.15) is 37.7 Å². The summed E-state index contributed by atoms with van der Waals surface area (Å²) in [5, 5.41) is 2.82. The fraction of sp³-hybridized carbons (Fsp3) is 0.375. The van der Waals surface area contributed by atoms with Gasteiger partial charge in [0.05, 0.1) is 11.8 Å². The number of hydrogen-bond acceptors (Lipinski definition) is 4. The standard InChI is InChI=1S/C24H26N2O4/c27-22(14-15-26-23(28)20-8-4-5-9-21(20)24(26)29)25-18-10-12-19(13-11-18)30-16-17-6-2-1-3-7-17/h1-3,6-7,10-13,20-21H,4-5,8-9,14-16H2,(H,25,27)/t20-,21-/m0/s1. The number of nitrogens with one attached hydrogen (secondary N) is 1. The molecule has 2 fully saturated rings. The van der Waals surface area contributed by atoms with Gasteiger partial charge in [0.1, 0.15) is 12.4 Å². The average molecular weight is 406 g/mol. The molecule has 1 heterocycles. The number of likely N-dealkylation sites (tertiary alicyclic amines) is 1. The molecule has 6 heteroatoms. The summed E-state index contributed by atoms with van der Waals surface area (Å²) in [6, 6.07) is 17.1. The largest absolute Gasteiger partial charge is 0.489 e. The van der Waals surface area contributed by atoms with Crippen LogP contribution < -0.4 is 10.1 Å². The zero-order valence-electron chi connectivity index (χ0n) is 16.9. The number of carbonyl (C=O) groups excluding carboxylic acids is 3. The van der Waals surface area contributed by atoms with Gasteiger partial charge >= 0.3 is 0 Å². The molecule has 156 valence electrons. The molecule has 3 amide bonds.